The topological polar surface area (TPSA) is 62.7 Å². The largest absolute Gasteiger partial charge is 0.491 e. The number of para-hydroxylation sites is 1. The molecule has 1 atom stereocenters. The molecule has 0 aliphatic carbocycles. The number of carbonyl (C=O) groups is 2. The van der Waals surface area contributed by atoms with E-state index in [-0.39, 0.29) is 11.8 Å². The van der Waals surface area contributed by atoms with Crippen LogP contribution >= 0.6 is 0 Å². The van der Waals surface area contributed by atoms with Crippen molar-refractivity contribution >= 4 is 22.7 Å². The maximum atomic E-state index is 13.4. The lowest BCUT2D eigenvalue weighted by Gasteiger charge is -2.23. The second-order valence-electron chi connectivity index (χ2n) is 9.65. The van der Waals surface area contributed by atoms with Crippen molar-refractivity contribution in [3.05, 3.63) is 71.9 Å². The van der Waals surface area contributed by atoms with E-state index >= 15 is 0 Å². The van der Waals surface area contributed by atoms with Crippen molar-refractivity contribution in [3.8, 4) is 5.75 Å². The molecule has 6 heteroatoms. The van der Waals surface area contributed by atoms with Crippen molar-refractivity contribution in [3.63, 3.8) is 0 Å². The number of pyridine rings is 1. The third-order valence-electron chi connectivity index (χ3n) is 7.23. The minimum absolute atomic E-state index is 0.0373. The fourth-order valence-electron chi connectivity index (χ4n) is 5.30. The molecule has 2 aromatic carbocycles. The maximum absolute atomic E-state index is 13.4. The van der Waals surface area contributed by atoms with Crippen LogP contribution in [0.1, 0.15) is 48.0 Å². The number of carbonyl (C=O) groups excluding carboxylic acids is 2. The standard InChI is InChI=1S/C29H33N3O3/c33-28-10-5-15-31(28)18-19-35-27-9-2-1-8-25(27)29(34)32-16-4-6-22(13-17-32)20-23-11-12-26-24(21-23)7-3-14-30-26/h1-3,7-9,11-12,14,21-22H,4-6,10,13,15-20H2. The van der Waals surface area contributed by atoms with Crippen LogP contribution in [-0.2, 0) is 11.2 Å². The molecule has 5 rings (SSSR count). The van der Waals surface area contributed by atoms with Crippen molar-refractivity contribution in [1.29, 1.82) is 0 Å². The molecule has 182 valence electrons. The Morgan fingerprint density at radius 2 is 1.91 bits per heavy atom. The van der Waals surface area contributed by atoms with Gasteiger partial charge in [-0.25, -0.2) is 0 Å². The van der Waals surface area contributed by atoms with Gasteiger partial charge in [0.05, 0.1) is 17.6 Å². The van der Waals surface area contributed by atoms with Crippen LogP contribution in [0.15, 0.2) is 60.8 Å². The number of rotatable bonds is 7. The number of hydrogen-bond acceptors (Lipinski definition) is 4. The summed E-state index contributed by atoms with van der Waals surface area (Å²) < 4.78 is 5.98. The minimum atomic E-state index is 0.0373. The highest BCUT2D eigenvalue weighted by atomic mass is 16.5. The highest BCUT2D eigenvalue weighted by Crippen LogP contribution is 2.26. The fraction of sp³-hybridized carbons (Fsp3) is 0.414. The van der Waals surface area contributed by atoms with Gasteiger partial charge in [-0.1, -0.05) is 24.3 Å². The first-order valence-corrected chi connectivity index (χ1v) is 12.8. The summed E-state index contributed by atoms with van der Waals surface area (Å²) in [5.41, 5.74) is 2.98. The number of amides is 2. The molecule has 3 heterocycles. The smallest absolute Gasteiger partial charge is 0.257 e. The highest BCUT2D eigenvalue weighted by Gasteiger charge is 2.24. The summed E-state index contributed by atoms with van der Waals surface area (Å²) in [5.74, 6) is 1.40. The summed E-state index contributed by atoms with van der Waals surface area (Å²) in [6.07, 6.45) is 7.53. The first kappa shape index (κ1) is 23.3. The predicted octanol–water partition coefficient (Wildman–Crippen LogP) is 4.72. The number of hydrogen-bond donors (Lipinski definition) is 0. The molecule has 3 aromatic rings. The lowest BCUT2D eigenvalue weighted by Crippen LogP contribution is -2.33. The van der Waals surface area contributed by atoms with Gasteiger partial charge in [0, 0.05) is 37.6 Å². The molecule has 2 amide bonds. The van der Waals surface area contributed by atoms with Crippen molar-refractivity contribution in [2.75, 3.05) is 32.8 Å². The van der Waals surface area contributed by atoms with Gasteiger partial charge < -0.3 is 14.5 Å². The van der Waals surface area contributed by atoms with E-state index in [9.17, 15) is 9.59 Å². The molecule has 2 saturated heterocycles. The second-order valence-corrected chi connectivity index (χ2v) is 9.65. The van der Waals surface area contributed by atoms with Crippen LogP contribution in [0.25, 0.3) is 10.9 Å². The lowest BCUT2D eigenvalue weighted by atomic mass is 9.92. The molecule has 0 N–H and O–H groups in total. The lowest BCUT2D eigenvalue weighted by molar-refractivity contribution is -0.128. The van der Waals surface area contributed by atoms with Gasteiger partial charge in [0.15, 0.2) is 0 Å². The Labute approximate surface area is 206 Å². The highest BCUT2D eigenvalue weighted by molar-refractivity contribution is 5.97. The molecule has 2 fully saturated rings. The SMILES string of the molecule is O=C1CCCN1CCOc1ccccc1C(=O)N1CCCC(Cc2ccc3ncccc3c2)CC1. The number of ether oxygens (including phenoxy) is 1. The first-order chi connectivity index (χ1) is 17.2. The van der Waals surface area contributed by atoms with Crippen molar-refractivity contribution in [2.24, 2.45) is 5.92 Å². The molecule has 1 unspecified atom stereocenters. The van der Waals surface area contributed by atoms with E-state index in [1.807, 2.05) is 46.3 Å². The van der Waals surface area contributed by atoms with Crippen molar-refractivity contribution in [2.45, 2.75) is 38.5 Å². The van der Waals surface area contributed by atoms with Gasteiger partial charge >= 0.3 is 0 Å². The first-order valence-electron chi connectivity index (χ1n) is 12.8. The van der Waals surface area contributed by atoms with Crippen LogP contribution in [0, 0.1) is 5.92 Å². The zero-order valence-electron chi connectivity index (χ0n) is 20.2. The van der Waals surface area contributed by atoms with E-state index in [0.717, 1.165) is 57.3 Å². The summed E-state index contributed by atoms with van der Waals surface area (Å²) >= 11 is 0. The van der Waals surface area contributed by atoms with Gasteiger partial charge in [-0.05, 0) is 73.9 Å². The van der Waals surface area contributed by atoms with Crippen LogP contribution in [0.3, 0.4) is 0 Å². The number of nitrogens with zero attached hydrogens (tertiary/aromatic N) is 3. The Morgan fingerprint density at radius 3 is 2.80 bits per heavy atom. The van der Waals surface area contributed by atoms with Crippen molar-refractivity contribution in [1.82, 2.24) is 14.8 Å². The van der Waals surface area contributed by atoms with Gasteiger partial charge in [-0.3, -0.25) is 14.6 Å². The molecule has 6 nitrogen and oxygen atoms in total. The summed E-state index contributed by atoms with van der Waals surface area (Å²) in [6.45, 7) is 3.30. The third kappa shape index (κ3) is 5.64. The van der Waals surface area contributed by atoms with Gasteiger partial charge in [0.25, 0.3) is 5.91 Å². The molecule has 0 spiro atoms. The predicted molar refractivity (Wildman–Crippen MR) is 136 cm³/mol. The molecule has 35 heavy (non-hydrogen) atoms. The Balaban J connectivity index is 1.18. The van der Waals surface area contributed by atoms with E-state index < -0.39 is 0 Å². The molecule has 2 aliphatic rings. The number of aromatic nitrogens is 1. The van der Waals surface area contributed by atoms with Gasteiger partial charge in [0.2, 0.25) is 5.91 Å². The molecular formula is C29H33N3O3. The summed E-state index contributed by atoms with van der Waals surface area (Å²) in [4.78, 5) is 33.5. The van der Waals surface area contributed by atoms with Gasteiger partial charge in [-0.15, -0.1) is 0 Å². The van der Waals surface area contributed by atoms with Crippen LogP contribution in [-0.4, -0.2) is 59.4 Å². The third-order valence-corrected chi connectivity index (χ3v) is 7.23. The van der Waals surface area contributed by atoms with Gasteiger partial charge in [0.1, 0.15) is 12.4 Å². The van der Waals surface area contributed by atoms with Crippen LogP contribution in [0.2, 0.25) is 0 Å². The van der Waals surface area contributed by atoms with E-state index in [1.54, 1.807) is 0 Å². The average Bonchev–Trinajstić information content (AvgIpc) is 3.15. The zero-order valence-corrected chi connectivity index (χ0v) is 20.2. The molecule has 2 aliphatic heterocycles. The summed E-state index contributed by atoms with van der Waals surface area (Å²) in [5, 5.41) is 1.18. The molecule has 1 aromatic heterocycles. The fourth-order valence-corrected chi connectivity index (χ4v) is 5.30. The van der Waals surface area contributed by atoms with Crippen LogP contribution in [0.4, 0.5) is 0 Å². The van der Waals surface area contributed by atoms with Crippen LogP contribution < -0.4 is 4.74 Å². The van der Waals surface area contributed by atoms with Crippen molar-refractivity contribution < 1.29 is 14.3 Å². The Hall–Kier alpha value is -3.41. The Kier molecular flexibility index (Phi) is 7.26. The second kappa shape index (κ2) is 10.9. The number of benzene rings is 2. The molecule has 0 saturated carbocycles. The number of fused-ring (bicyclic) bond motifs is 1. The van der Waals surface area contributed by atoms with E-state index in [2.05, 4.69) is 29.2 Å². The zero-order chi connectivity index (χ0) is 24.0. The van der Waals surface area contributed by atoms with E-state index in [0.29, 0.717) is 36.8 Å². The molecule has 0 bridgehead atoms. The quantitative estimate of drug-likeness (QED) is 0.500. The van der Waals surface area contributed by atoms with Crippen LogP contribution in [0.5, 0.6) is 5.75 Å². The Morgan fingerprint density at radius 1 is 1.00 bits per heavy atom. The van der Waals surface area contributed by atoms with Gasteiger partial charge in [-0.2, -0.15) is 0 Å². The summed E-state index contributed by atoms with van der Waals surface area (Å²) in [7, 11) is 0. The normalized spacial score (nSPS) is 18.6. The number of likely N-dealkylation sites (tertiary alicyclic amines) is 2. The van der Waals surface area contributed by atoms with E-state index in [1.165, 1.54) is 10.9 Å². The molecule has 0 radical (unpaired) electrons. The Bertz CT molecular complexity index is 1190. The monoisotopic (exact) mass is 471 g/mol. The minimum Gasteiger partial charge on any atom is -0.491 e. The molecular weight excluding hydrogens is 438 g/mol. The maximum Gasteiger partial charge on any atom is 0.257 e. The average molecular weight is 472 g/mol. The summed E-state index contributed by atoms with van der Waals surface area (Å²) in [6, 6.07) is 18.1. The van der Waals surface area contributed by atoms with E-state index in [4.69, 9.17) is 4.74 Å².